The molecule has 112 heavy (non-hydrogen) atoms. The summed E-state index contributed by atoms with van der Waals surface area (Å²) in [5.41, 5.74) is 3.23. The summed E-state index contributed by atoms with van der Waals surface area (Å²) in [5.74, 6) is -10.7. The van der Waals surface area contributed by atoms with Gasteiger partial charge < -0.3 is 78.7 Å². The molecule has 7 rings (SSSR count). The van der Waals surface area contributed by atoms with Gasteiger partial charge in [-0.1, -0.05) is 124 Å². The van der Waals surface area contributed by atoms with Crippen LogP contribution in [0.25, 0.3) is 10.8 Å². The predicted octanol–water partition coefficient (Wildman–Crippen LogP) is 4.06. The number of halogens is 1. The lowest BCUT2D eigenvalue weighted by Crippen LogP contribution is -2.63. The first-order valence-corrected chi connectivity index (χ1v) is 37.7. The third-order valence-corrected chi connectivity index (χ3v) is 18.8. The van der Waals surface area contributed by atoms with E-state index in [4.69, 9.17) is 11.6 Å². The maximum atomic E-state index is 15.4. The number of unbranched alkanes of at least 4 members (excludes halogenated alkanes) is 1. The molecule has 598 valence electrons. The zero-order valence-corrected chi connectivity index (χ0v) is 65.1. The Morgan fingerprint density at radius 1 is 0.518 bits per heavy atom. The van der Waals surface area contributed by atoms with Gasteiger partial charge in [0.25, 0.3) is 5.91 Å². The van der Waals surface area contributed by atoms with Crippen molar-refractivity contribution >= 4 is 117 Å². The van der Waals surface area contributed by atoms with Crippen molar-refractivity contribution in [3.05, 3.63) is 173 Å². The van der Waals surface area contributed by atoms with E-state index in [1.807, 2.05) is 56.3 Å². The van der Waals surface area contributed by atoms with Crippen molar-refractivity contribution in [1.82, 2.24) is 68.0 Å². The molecule has 30 nitrogen and oxygen atoms in total. The number of pyridine rings is 1. The fourth-order valence-electron chi connectivity index (χ4n) is 12.8. The Bertz CT molecular complexity index is 4290. The fourth-order valence-corrected chi connectivity index (χ4v) is 12.9. The first-order valence-electron chi connectivity index (χ1n) is 37.3. The number of amides is 13. The highest BCUT2D eigenvalue weighted by Gasteiger charge is 2.41. The second-order valence-electron chi connectivity index (χ2n) is 28.7. The molecular formula is C81H102ClN15O15. The lowest BCUT2D eigenvalue weighted by molar-refractivity contribution is -0.144. The summed E-state index contributed by atoms with van der Waals surface area (Å²) in [5, 5.41) is 44.8. The molecule has 0 spiro atoms. The van der Waals surface area contributed by atoms with Crippen LogP contribution >= 0.6 is 11.6 Å². The lowest BCUT2D eigenvalue weighted by atomic mass is 9.99. The molecule has 1 aliphatic rings. The van der Waals surface area contributed by atoms with Gasteiger partial charge in [0.2, 0.25) is 71.4 Å². The molecule has 6 aromatic rings. The van der Waals surface area contributed by atoms with Gasteiger partial charge in [-0.3, -0.25) is 72.1 Å². The van der Waals surface area contributed by atoms with Crippen LogP contribution in [-0.2, 0) is 99.2 Å². The normalized spacial score (nSPS) is 14.9. The van der Waals surface area contributed by atoms with Gasteiger partial charge in [0.15, 0.2) is 6.17 Å². The van der Waals surface area contributed by atoms with Crippen molar-refractivity contribution in [2.75, 3.05) is 30.8 Å². The number of hydrogen-bond donors (Lipinski definition) is 13. The van der Waals surface area contributed by atoms with Gasteiger partial charge in [0.1, 0.15) is 54.4 Å². The molecular weight excluding hydrogens is 1460 g/mol. The Hall–Kier alpha value is -11.7. The monoisotopic (exact) mass is 1560 g/mol. The number of rotatable bonds is 41. The first kappa shape index (κ1) is 87.6. The quantitative estimate of drug-likeness (QED) is 0.0146. The lowest BCUT2D eigenvalue weighted by Gasteiger charge is -2.31. The van der Waals surface area contributed by atoms with E-state index in [2.05, 4.69) is 68.8 Å². The van der Waals surface area contributed by atoms with E-state index >= 15 is 24.0 Å². The summed E-state index contributed by atoms with van der Waals surface area (Å²) >= 11 is 6.27. The fraction of sp³-hybridized carbons (Fsp3) is 0.420. The molecule has 0 bridgehead atoms. The number of carbonyl (C=O) groups excluding carboxylic acids is 13. The van der Waals surface area contributed by atoms with Crippen molar-refractivity contribution in [1.29, 1.82) is 0 Å². The summed E-state index contributed by atoms with van der Waals surface area (Å²) in [6.45, 7) is 13.4. The van der Waals surface area contributed by atoms with Crippen LogP contribution in [0.2, 0.25) is 5.02 Å². The third kappa shape index (κ3) is 28.0. The van der Waals surface area contributed by atoms with Gasteiger partial charge >= 0.3 is 5.97 Å². The van der Waals surface area contributed by atoms with Crippen LogP contribution in [-0.4, -0.2) is 190 Å². The standard InChI is InChI=1S/C81H102ClN15O15/c1-47(2)38-64(72(102)89-63(19-12-13-36-84-48(3)4)80(110)97-37-15-20-70(97)78(108)85-49(5)81(111)112)90-74(104)67(41-54-24-31-61(32-25-54)86-50(6)99)92-76(106)68(42-55-26-33-62(34-27-55)87-51(7)100)94-79(109)71(96(9)46-98)95-77(107)69(44-57-16-14-35-83-45-57)93-75(105)66(40-53-22-29-60(82)30-23-53)91-73(103)65(88-52(8)101)43-56-21-28-58-17-10-11-18-59(58)39-56/h10-11,14,16-18,21-35,39,45-49,63-71,84H,12-13,15,19-20,36-38,40-44H2,1-9H3,(H,85,108)(H,86,99)(H,87,100)(H,88,101)(H,89,102)(H,90,104)(H,91,103)(H,92,106)(H,93,105)(H,94,109)(H,95,107)(H,111,112)/t49-,63+,64+,65-,66-,67-,68+,69-,70+,71-/m1/s1. The van der Waals surface area contributed by atoms with Gasteiger partial charge in [-0.05, 0) is 139 Å². The number of carboxylic acid groups (broad SMARTS) is 1. The number of anilines is 2. The Labute approximate surface area is 656 Å². The number of likely N-dealkylation sites (tertiary alicyclic amines) is 1. The van der Waals surface area contributed by atoms with Gasteiger partial charge in [-0.15, -0.1) is 0 Å². The minimum Gasteiger partial charge on any atom is -0.480 e. The molecule has 0 aliphatic carbocycles. The smallest absolute Gasteiger partial charge is 0.325 e. The largest absolute Gasteiger partial charge is 0.480 e. The Morgan fingerprint density at radius 2 is 0.982 bits per heavy atom. The maximum Gasteiger partial charge on any atom is 0.325 e. The second-order valence-corrected chi connectivity index (χ2v) is 29.2. The number of hydrogen-bond acceptors (Lipinski definition) is 16. The van der Waals surface area contributed by atoms with Crippen molar-refractivity contribution < 1.29 is 72.2 Å². The number of nitrogens with zero attached hydrogens (tertiary/aromatic N) is 3. The van der Waals surface area contributed by atoms with Crippen LogP contribution in [0.15, 0.2) is 140 Å². The second kappa shape index (κ2) is 43.1. The van der Waals surface area contributed by atoms with E-state index < -0.39 is 126 Å². The van der Waals surface area contributed by atoms with Gasteiger partial charge in [-0.25, -0.2) is 0 Å². The summed E-state index contributed by atoms with van der Waals surface area (Å²) in [6, 6.07) is 23.1. The Balaban J connectivity index is 1.21. The van der Waals surface area contributed by atoms with Crippen LogP contribution < -0.4 is 63.8 Å². The van der Waals surface area contributed by atoms with Crippen molar-refractivity contribution in [2.24, 2.45) is 5.92 Å². The minimum atomic E-state index is -1.97. The third-order valence-electron chi connectivity index (χ3n) is 18.5. The van der Waals surface area contributed by atoms with E-state index in [1.165, 1.54) is 52.0 Å². The molecule has 10 atom stereocenters. The van der Waals surface area contributed by atoms with E-state index in [0.717, 1.165) is 15.7 Å². The highest BCUT2D eigenvalue weighted by molar-refractivity contribution is 6.30. The van der Waals surface area contributed by atoms with E-state index in [9.17, 15) is 48.3 Å². The van der Waals surface area contributed by atoms with Crippen LogP contribution in [0, 0.1) is 5.92 Å². The Morgan fingerprint density at radius 3 is 1.47 bits per heavy atom. The molecule has 1 aromatic heterocycles. The van der Waals surface area contributed by atoms with E-state index in [-0.39, 0.29) is 88.1 Å². The molecule has 0 unspecified atom stereocenters. The summed E-state index contributed by atoms with van der Waals surface area (Å²) in [6.07, 6.45) is 1.88. The predicted molar refractivity (Wildman–Crippen MR) is 421 cm³/mol. The van der Waals surface area contributed by atoms with E-state index in [0.29, 0.717) is 70.0 Å². The molecule has 13 amide bonds. The van der Waals surface area contributed by atoms with Crippen molar-refractivity contribution in [3.8, 4) is 0 Å². The topological polar surface area (TPSA) is 423 Å². The molecule has 0 radical (unpaired) electrons. The van der Waals surface area contributed by atoms with Gasteiger partial charge in [-0.2, -0.15) is 0 Å². The molecule has 1 aliphatic heterocycles. The number of likely N-dealkylation sites (N-methyl/N-ethyl adjacent to an activating group) is 1. The number of aromatic nitrogens is 1. The average Bonchev–Trinajstić information content (AvgIpc) is 1.67. The highest BCUT2D eigenvalue weighted by Crippen LogP contribution is 2.23. The zero-order valence-electron chi connectivity index (χ0n) is 64.4. The van der Waals surface area contributed by atoms with Gasteiger partial charge in [0.05, 0.1) is 0 Å². The molecule has 1 saturated heterocycles. The van der Waals surface area contributed by atoms with Crippen LogP contribution in [0.3, 0.4) is 0 Å². The highest BCUT2D eigenvalue weighted by atomic mass is 35.5. The zero-order chi connectivity index (χ0) is 81.7. The van der Waals surface area contributed by atoms with Crippen LogP contribution in [0.5, 0.6) is 0 Å². The number of carbonyl (C=O) groups is 14. The number of nitrogens with one attached hydrogen (secondary N) is 12. The van der Waals surface area contributed by atoms with Crippen molar-refractivity contribution in [2.45, 2.75) is 193 Å². The number of benzene rings is 5. The summed E-state index contributed by atoms with van der Waals surface area (Å²) < 4.78 is 0. The SMILES string of the molecule is CC(=O)Nc1ccc(C[C@H](NC(=O)[C@H](NC(=O)[C@@H](Cc2cccnc2)NC(=O)[C@@H](Cc2ccc(Cl)cc2)NC(=O)[C@@H](Cc2ccc3ccccc3c2)NC(C)=O)N(C)C=O)C(=O)N[C@H](Cc2ccc(NC(C)=O)cc2)C(=O)N[C@@H](CC(C)C)C(=O)N[C@@H](CCCCNC(C)C)C(=O)N2CCC[C@H]2C(=O)N[C@H](C)C(=O)O)cc1. The molecule has 2 heterocycles. The first-order chi connectivity index (χ1) is 53.3. The van der Waals surface area contributed by atoms with Crippen molar-refractivity contribution in [3.63, 3.8) is 0 Å². The molecule has 13 N–H and O–H groups in total. The number of aliphatic carboxylic acids is 1. The van der Waals surface area contributed by atoms with Crippen LogP contribution in [0.4, 0.5) is 11.4 Å². The van der Waals surface area contributed by atoms with Crippen LogP contribution in [0.1, 0.15) is 122 Å². The maximum absolute atomic E-state index is 15.4. The number of carboxylic acids is 1. The Kier molecular flexibility index (Phi) is 33.7. The minimum absolute atomic E-state index is 0.00375. The summed E-state index contributed by atoms with van der Waals surface area (Å²) in [7, 11) is 1.17. The van der Waals surface area contributed by atoms with E-state index in [1.54, 1.807) is 98.8 Å². The molecule has 31 heteroatoms. The average molecular weight is 1560 g/mol. The van der Waals surface area contributed by atoms with Gasteiger partial charge in [0, 0.05) is 101 Å². The summed E-state index contributed by atoms with van der Waals surface area (Å²) in [4.78, 5) is 202. The number of fused-ring (bicyclic) bond motifs is 1. The molecule has 1 fully saturated rings. The molecule has 0 saturated carbocycles. The molecule has 5 aromatic carbocycles.